The molecule has 0 spiro atoms. The van der Waals surface area contributed by atoms with Crippen LogP contribution >= 0.6 is 0 Å². The Morgan fingerprint density at radius 1 is 1.04 bits per heavy atom. The number of fused-ring (bicyclic) bond motifs is 5. The summed E-state index contributed by atoms with van der Waals surface area (Å²) in [5.41, 5.74) is 7.62. The van der Waals surface area contributed by atoms with E-state index >= 15 is 0 Å². The van der Waals surface area contributed by atoms with Crippen LogP contribution in [-0.2, 0) is 7.05 Å². The summed E-state index contributed by atoms with van der Waals surface area (Å²) in [6.45, 7) is 4.32. The first-order chi connectivity index (χ1) is 13.1. The molecule has 0 unspecified atom stereocenters. The lowest BCUT2D eigenvalue weighted by Crippen LogP contribution is -2.29. The molecule has 4 heteroatoms. The molecular formula is C23H17FN3+. The molecular weight excluding hydrogens is 337 g/mol. The van der Waals surface area contributed by atoms with E-state index in [0.29, 0.717) is 0 Å². The third kappa shape index (κ3) is 1.66. The van der Waals surface area contributed by atoms with Crippen LogP contribution in [0.3, 0.4) is 0 Å². The second-order valence-corrected chi connectivity index (χ2v) is 7.46. The molecule has 0 atom stereocenters. The normalized spacial score (nSPS) is 12.4. The third-order valence-corrected chi connectivity index (χ3v) is 5.98. The van der Waals surface area contributed by atoms with Gasteiger partial charge in [-0.15, -0.1) is 0 Å². The van der Waals surface area contributed by atoms with Crippen molar-refractivity contribution in [1.82, 2.24) is 9.38 Å². The fourth-order valence-corrected chi connectivity index (χ4v) is 4.68. The number of nitrogens with zero attached hydrogens (tertiary/aromatic N) is 3. The lowest BCUT2D eigenvalue weighted by atomic mass is 9.97. The van der Waals surface area contributed by atoms with Crippen LogP contribution in [0.15, 0.2) is 48.8 Å². The van der Waals surface area contributed by atoms with E-state index in [0.717, 1.165) is 43.7 Å². The molecule has 130 valence electrons. The van der Waals surface area contributed by atoms with Gasteiger partial charge in [-0.2, -0.15) is 0 Å². The first kappa shape index (κ1) is 14.9. The summed E-state index contributed by atoms with van der Waals surface area (Å²) in [5, 5.41) is 4.35. The molecule has 6 rings (SSSR count). The van der Waals surface area contributed by atoms with E-state index in [-0.39, 0.29) is 5.82 Å². The Morgan fingerprint density at radius 3 is 2.74 bits per heavy atom. The van der Waals surface area contributed by atoms with E-state index in [9.17, 15) is 4.39 Å². The smallest absolute Gasteiger partial charge is 0.224 e. The molecule has 4 aromatic heterocycles. The van der Waals surface area contributed by atoms with E-state index in [1.54, 1.807) is 12.1 Å². The Kier molecular flexibility index (Phi) is 2.59. The number of aromatic nitrogens is 3. The average molecular weight is 354 g/mol. The molecule has 0 amide bonds. The van der Waals surface area contributed by atoms with Gasteiger partial charge in [0.1, 0.15) is 12.9 Å². The van der Waals surface area contributed by atoms with Crippen molar-refractivity contribution in [2.24, 2.45) is 7.05 Å². The Hall–Kier alpha value is -3.27. The lowest BCUT2D eigenvalue weighted by molar-refractivity contribution is -0.643. The quantitative estimate of drug-likeness (QED) is 0.214. The van der Waals surface area contributed by atoms with E-state index in [1.165, 1.54) is 16.5 Å². The molecule has 0 saturated heterocycles. The van der Waals surface area contributed by atoms with Gasteiger partial charge >= 0.3 is 0 Å². The molecule has 0 radical (unpaired) electrons. The first-order valence-corrected chi connectivity index (χ1v) is 9.08. The van der Waals surface area contributed by atoms with E-state index in [4.69, 9.17) is 0 Å². The van der Waals surface area contributed by atoms with Crippen LogP contribution in [0, 0.1) is 19.7 Å². The van der Waals surface area contributed by atoms with Gasteiger partial charge in [-0.05, 0) is 60.7 Å². The minimum atomic E-state index is -0.219. The Morgan fingerprint density at radius 2 is 1.89 bits per heavy atom. The third-order valence-electron chi connectivity index (χ3n) is 5.98. The summed E-state index contributed by atoms with van der Waals surface area (Å²) in [5.74, 6) is -0.219. The summed E-state index contributed by atoms with van der Waals surface area (Å²) in [7, 11) is 2.06. The van der Waals surface area contributed by atoms with Crippen LogP contribution in [0.25, 0.3) is 49.1 Å². The van der Waals surface area contributed by atoms with E-state index < -0.39 is 0 Å². The molecule has 3 nitrogen and oxygen atoms in total. The Balaban J connectivity index is 2.17. The van der Waals surface area contributed by atoms with Gasteiger partial charge in [0.05, 0.1) is 32.8 Å². The highest BCUT2D eigenvalue weighted by atomic mass is 19.1. The van der Waals surface area contributed by atoms with Gasteiger partial charge in [-0.25, -0.2) is 8.96 Å². The predicted octanol–water partition coefficient (Wildman–Crippen LogP) is 4.97. The molecule has 0 aliphatic rings. The monoisotopic (exact) mass is 354 g/mol. The van der Waals surface area contributed by atoms with Gasteiger partial charge in [0.2, 0.25) is 5.52 Å². The largest absolute Gasteiger partial charge is 0.306 e. The zero-order valence-electron chi connectivity index (χ0n) is 15.3. The maximum Gasteiger partial charge on any atom is 0.224 e. The molecule has 0 aliphatic heterocycles. The van der Waals surface area contributed by atoms with Crippen LogP contribution in [0.4, 0.5) is 4.39 Å². The van der Waals surface area contributed by atoms with Crippen molar-refractivity contribution in [3.05, 3.63) is 65.7 Å². The van der Waals surface area contributed by atoms with Gasteiger partial charge in [-0.1, -0.05) is 0 Å². The number of aryl methyl sites for hydroxylation is 3. The van der Waals surface area contributed by atoms with Gasteiger partial charge in [0, 0.05) is 17.6 Å². The summed E-state index contributed by atoms with van der Waals surface area (Å²) < 4.78 is 18.9. The number of halogens is 1. The fraction of sp³-hybridized carbons (Fsp3) is 0.130. The highest BCUT2D eigenvalue weighted by Crippen LogP contribution is 2.41. The zero-order chi connectivity index (χ0) is 18.4. The zero-order valence-corrected chi connectivity index (χ0v) is 15.3. The number of rotatable bonds is 0. The highest BCUT2D eigenvalue weighted by molar-refractivity contribution is 6.25. The standard InChI is InChI=1S/C23H17FN3/c1-12-9-16-21-17(5-4-7-25-21)27-18-11-15(24)10-14-6-8-26(3)23(20(14)18)19(13(12)2)22(16)27/h4-11H,1-3H3/q+1. The van der Waals surface area contributed by atoms with Gasteiger partial charge in [0.25, 0.3) is 0 Å². The molecule has 4 heterocycles. The minimum Gasteiger partial charge on any atom is -0.306 e. The van der Waals surface area contributed by atoms with Crippen molar-refractivity contribution in [2.45, 2.75) is 13.8 Å². The van der Waals surface area contributed by atoms with Crippen molar-refractivity contribution >= 4 is 49.1 Å². The molecule has 0 bridgehead atoms. The van der Waals surface area contributed by atoms with Crippen molar-refractivity contribution in [3.8, 4) is 0 Å². The van der Waals surface area contributed by atoms with Crippen LogP contribution in [0.1, 0.15) is 11.1 Å². The number of hydrogen-bond acceptors (Lipinski definition) is 1. The van der Waals surface area contributed by atoms with Gasteiger partial charge in [-0.3, -0.25) is 4.98 Å². The van der Waals surface area contributed by atoms with E-state index in [2.05, 4.69) is 47.0 Å². The lowest BCUT2D eigenvalue weighted by Gasteiger charge is -2.14. The van der Waals surface area contributed by atoms with Crippen molar-refractivity contribution in [1.29, 1.82) is 0 Å². The maximum atomic E-state index is 14.5. The SMILES string of the molecule is Cc1cc2c3ncccc3n3c4cc(F)cc5cc[n+](C)c(c(c1C)c23)c54. The van der Waals surface area contributed by atoms with Crippen LogP contribution < -0.4 is 4.57 Å². The summed E-state index contributed by atoms with van der Waals surface area (Å²) in [6, 6.07) is 11.5. The summed E-state index contributed by atoms with van der Waals surface area (Å²) >= 11 is 0. The summed E-state index contributed by atoms with van der Waals surface area (Å²) in [6.07, 6.45) is 3.85. The second kappa shape index (κ2) is 4.71. The number of hydrogen-bond donors (Lipinski definition) is 0. The highest BCUT2D eigenvalue weighted by Gasteiger charge is 2.25. The predicted molar refractivity (Wildman–Crippen MR) is 107 cm³/mol. The van der Waals surface area contributed by atoms with E-state index in [1.807, 2.05) is 24.5 Å². The minimum absolute atomic E-state index is 0.219. The maximum absolute atomic E-state index is 14.5. The van der Waals surface area contributed by atoms with Crippen molar-refractivity contribution in [2.75, 3.05) is 0 Å². The average Bonchev–Trinajstić information content (AvgIpc) is 2.98. The van der Waals surface area contributed by atoms with Gasteiger partial charge in [0.15, 0.2) is 6.20 Å². The Bertz CT molecular complexity index is 1560. The van der Waals surface area contributed by atoms with Gasteiger partial charge < -0.3 is 4.40 Å². The first-order valence-electron chi connectivity index (χ1n) is 9.08. The van der Waals surface area contributed by atoms with Crippen LogP contribution in [-0.4, -0.2) is 9.38 Å². The van der Waals surface area contributed by atoms with Crippen LogP contribution in [0.5, 0.6) is 0 Å². The molecule has 0 saturated carbocycles. The molecule has 6 aromatic rings. The number of pyridine rings is 3. The Labute approximate surface area is 154 Å². The molecule has 2 aromatic carbocycles. The molecule has 0 N–H and O–H groups in total. The molecule has 0 fully saturated rings. The topological polar surface area (TPSA) is 21.2 Å². The second-order valence-electron chi connectivity index (χ2n) is 7.46. The van der Waals surface area contributed by atoms with Crippen molar-refractivity contribution < 1.29 is 8.96 Å². The fourth-order valence-electron chi connectivity index (χ4n) is 4.68. The molecule has 27 heavy (non-hydrogen) atoms. The van der Waals surface area contributed by atoms with Crippen LogP contribution in [0.2, 0.25) is 0 Å². The van der Waals surface area contributed by atoms with Crippen molar-refractivity contribution in [3.63, 3.8) is 0 Å². The molecule has 0 aliphatic carbocycles. The summed E-state index contributed by atoms with van der Waals surface area (Å²) in [4.78, 5) is 4.67. The number of benzene rings is 2.